The van der Waals surface area contributed by atoms with E-state index in [9.17, 15) is 4.79 Å². The van der Waals surface area contributed by atoms with E-state index in [1.54, 1.807) is 0 Å². The topological polar surface area (TPSA) is 41.6 Å². The van der Waals surface area contributed by atoms with Gasteiger partial charge in [-0.15, -0.1) is 0 Å². The minimum absolute atomic E-state index is 0.100. The van der Waals surface area contributed by atoms with Gasteiger partial charge < -0.3 is 15.0 Å². The summed E-state index contributed by atoms with van der Waals surface area (Å²) in [5.41, 5.74) is 0. The Bertz CT molecular complexity index is 263. The number of rotatable bonds is 8. The molecule has 0 aromatic heterocycles. The van der Waals surface area contributed by atoms with E-state index in [2.05, 4.69) is 26.1 Å². The Labute approximate surface area is 124 Å². The molecule has 1 fully saturated rings. The first kappa shape index (κ1) is 17.3. The van der Waals surface area contributed by atoms with Crippen molar-refractivity contribution in [1.82, 2.24) is 10.2 Å². The van der Waals surface area contributed by atoms with Crippen LogP contribution in [0, 0.1) is 5.92 Å². The van der Waals surface area contributed by atoms with Crippen molar-refractivity contribution in [3.05, 3.63) is 0 Å². The van der Waals surface area contributed by atoms with Crippen LogP contribution in [0.15, 0.2) is 0 Å². The van der Waals surface area contributed by atoms with Crippen LogP contribution in [0.1, 0.15) is 59.3 Å². The van der Waals surface area contributed by atoms with Gasteiger partial charge in [0.2, 0.25) is 0 Å². The first-order chi connectivity index (χ1) is 9.65. The molecule has 4 heteroatoms. The largest absolute Gasteiger partial charge is 0.381 e. The van der Waals surface area contributed by atoms with Crippen LogP contribution in [0.4, 0.5) is 4.79 Å². The summed E-state index contributed by atoms with van der Waals surface area (Å²) >= 11 is 0. The molecule has 0 unspecified atom stereocenters. The van der Waals surface area contributed by atoms with Crippen LogP contribution in [0.25, 0.3) is 0 Å². The highest BCUT2D eigenvalue weighted by molar-refractivity contribution is 5.74. The maximum atomic E-state index is 12.2. The second-order valence-corrected chi connectivity index (χ2v) is 6.13. The van der Waals surface area contributed by atoms with Crippen molar-refractivity contribution in [1.29, 1.82) is 0 Å². The summed E-state index contributed by atoms with van der Waals surface area (Å²) in [5, 5.41) is 3.03. The van der Waals surface area contributed by atoms with Crippen molar-refractivity contribution in [2.75, 3.05) is 26.3 Å². The van der Waals surface area contributed by atoms with Crippen LogP contribution in [0.3, 0.4) is 0 Å². The summed E-state index contributed by atoms with van der Waals surface area (Å²) in [6.07, 6.45) is 7.07. The number of nitrogens with zero attached hydrogens (tertiary/aromatic N) is 1. The molecule has 0 spiro atoms. The number of nitrogens with one attached hydrogen (secondary N) is 1. The molecule has 1 aliphatic carbocycles. The summed E-state index contributed by atoms with van der Waals surface area (Å²) in [6.45, 7) is 9.40. The lowest BCUT2D eigenvalue weighted by Gasteiger charge is -2.33. The third kappa shape index (κ3) is 6.60. The highest BCUT2D eigenvalue weighted by Crippen LogP contribution is 2.22. The molecular formula is C16H32N2O2. The zero-order chi connectivity index (χ0) is 14.8. The third-order valence-corrected chi connectivity index (χ3v) is 3.81. The SMILES string of the molecule is CCN(C(=O)NCCCOCC(C)C)C1CCCCC1. The quantitative estimate of drug-likeness (QED) is 0.694. The molecule has 0 aromatic rings. The summed E-state index contributed by atoms with van der Waals surface area (Å²) in [4.78, 5) is 14.2. The summed E-state index contributed by atoms with van der Waals surface area (Å²) in [5.74, 6) is 0.575. The summed E-state index contributed by atoms with van der Waals surface area (Å²) in [7, 11) is 0. The Morgan fingerprint density at radius 2 is 2.00 bits per heavy atom. The average Bonchev–Trinajstić information content (AvgIpc) is 2.44. The first-order valence-corrected chi connectivity index (χ1v) is 8.27. The first-order valence-electron chi connectivity index (χ1n) is 8.27. The van der Waals surface area contributed by atoms with E-state index in [4.69, 9.17) is 4.74 Å². The Hall–Kier alpha value is -0.770. The van der Waals surface area contributed by atoms with Crippen molar-refractivity contribution >= 4 is 6.03 Å². The standard InChI is InChI=1S/C16H32N2O2/c1-4-18(15-9-6-5-7-10-15)16(19)17-11-8-12-20-13-14(2)3/h14-15H,4-13H2,1-3H3,(H,17,19). The number of hydrogen-bond acceptors (Lipinski definition) is 2. The van der Waals surface area contributed by atoms with Crippen molar-refractivity contribution in [2.24, 2.45) is 5.92 Å². The Morgan fingerprint density at radius 1 is 1.30 bits per heavy atom. The lowest BCUT2D eigenvalue weighted by molar-refractivity contribution is 0.107. The molecule has 1 N–H and O–H groups in total. The molecular weight excluding hydrogens is 252 g/mol. The molecule has 0 bridgehead atoms. The minimum Gasteiger partial charge on any atom is -0.381 e. The maximum absolute atomic E-state index is 12.2. The van der Waals surface area contributed by atoms with Crippen LogP contribution in [0.5, 0.6) is 0 Å². The minimum atomic E-state index is 0.100. The molecule has 2 amide bonds. The molecule has 0 aromatic carbocycles. The molecule has 20 heavy (non-hydrogen) atoms. The third-order valence-electron chi connectivity index (χ3n) is 3.81. The van der Waals surface area contributed by atoms with Gasteiger partial charge in [-0.05, 0) is 32.1 Å². The van der Waals surface area contributed by atoms with Crippen molar-refractivity contribution < 1.29 is 9.53 Å². The number of amides is 2. The van der Waals surface area contributed by atoms with E-state index in [1.165, 1.54) is 32.1 Å². The van der Waals surface area contributed by atoms with Crippen molar-refractivity contribution in [3.8, 4) is 0 Å². The van der Waals surface area contributed by atoms with Gasteiger partial charge in [-0.25, -0.2) is 4.79 Å². The zero-order valence-electron chi connectivity index (χ0n) is 13.5. The Balaban J connectivity index is 2.15. The highest BCUT2D eigenvalue weighted by Gasteiger charge is 2.23. The van der Waals surface area contributed by atoms with Gasteiger partial charge in [-0.1, -0.05) is 33.1 Å². The van der Waals surface area contributed by atoms with E-state index in [0.717, 1.165) is 26.2 Å². The zero-order valence-corrected chi connectivity index (χ0v) is 13.5. The van der Waals surface area contributed by atoms with E-state index in [-0.39, 0.29) is 6.03 Å². The second kappa shape index (κ2) is 10.0. The summed E-state index contributed by atoms with van der Waals surface area (Å²) in [6, 6.07) is 0.550. The molecule has 0 aliphatic heterocycles. The van der Waals surface area contributed by atoms with Gasteiger partial charge in [0.25, 0.3) is 0 Å². The van der Waals surface area contributed by atoms with Crippen LogP contribution in [-0.4, -0.2) is 43.3 Å². The molecule has 0 heterocycles. The Kier molecular flexibility index (Phi) is 8.67. The normalized spacial score (nSPS) is 16.4. The lowest BCUT2D eigenvalue weighted by Crippen LogP contribution is -2.47. The maximum Gasteiger partial charge on any atom is 0.317 e. The van der Waals surface area contributed by atoms with Gasteiger partial charge in [0.15, 0.2) is 0 Å². The summed E-state index contributed by atoms with van der Waals surface area (Å²) < 4.78 is 5.52. The molecule has 0 saturated heterocycles. The van der Waals surface area contributed by atoms with E-state index in [0.29, 0.717) is 18.5 Å². The Morgan fingerprint density at radius 3 is 2.60 bits per heavy atom. The molecule has 118 valence electrons. The monoisotopic (exact) mass is 284 g/mol. The molecule has 1 rings (SSSR count). The highest BCUT2D eigenvalue weighted by atomic mass is 16.5. The number of ether oxygens (including phenoxy) is 1. The van der Waals surface area contributed by atoms with Gasteiger partial charge in [0.1, 0.15) is 0 Å². The van der Waals surface area contributed by atoms with E-state index in [1.807, 2.05) is 4.90 Å². The fourth-order valence-electron chi connectivity index (χ4n) is 2.75. The molecule has 4 nitrogen and oxygen atoms in total. The predicted molar refractivity (Wildman–Crippen MR) is 82.9 cm³/mol. The number of hydrogen-bond donors (Lipinski definition) is 1. The molecule has 0 radical (unpaired) electrons. The fourth-order valence-corrected chi connectivity index (χ4v) is 2.75. The number of urea groups is 1. The van der Waals surface area contributed by atoms with Gasteiger partial charge >= 0.3 is 6.03 Å². The lowest BCUT2D eigenvalue weighted by atomic mass is 9.94. The predicted octanol–water partition coefficient (Wildman–Crippen LogP) is 3.41. The van der Waals surface area contributed by atoms with Crippen molar-refractivity contribution in [2.45, 2.75) is 65.3 Å². The second-order valence-electron chi connectivity index (χ2n) is 6.13. The van der Waals surface area contributed by atoms with Gasteiger partial charge in [0.05, 0.1) is 0 Å². The van der Waals surface area contributed by atoms with Crippen LogP contribution in [0.2, 0.25) is 0 Å². The van der Waals surface area contributed by atoms with E-state index >= 15 is 0 Å². The van der Waals surface area contributed by atoms with Crippen LogP contribution < -0.4 is 5.32 Å². The molecule has 1 saturated carbocycles. The molecule has 0 atom stereocenters. The van der Waals surface area contributed by atoms with Gasteiger partial charge in [0, 0.05) is 32.3 Å². The van der Waals surface area contributed by atoms with Crippen LogP contribution >= 0.6 is 0 Å². The van der Waals surface area contributed by atoms with Gasteiger partial charge in [-0.3, -0.25) is 0 Å². The molecule has 1 aliphatic rings. The van der Waals surface area contributed by atoms with Crippen LogP contribution in [-0.2, 0) is 4.74 Å². The fraction of sp³-hybridized carbons (Fsp3) is 0.938. The number of carbonyl (C=O) groups is 1. The smallest absolute Gasteiger partial charge is 0.317 e. The van der Waals surface area contributed by atoms with Gasteiger partial charge in [-0.2, -0.15) is 0 Å². The van der Waals surface area contributed by atoms with E-state index < -0.39 is 0 Å². The number of carbonyl (C=O) groups excluding carboxylic acids is 1. The van der Waals surface area contributed by atoms with Crippen molar-refractivity contribution in [3.63, 3.8) is 0 Å². The average molecular weight is 284 g/mol.